The quantitative estimate of drug-likeness (QED) is 0.850. The molecule has 0 aliphatic heterocycles. The number of hydrogen-bond acceptors (Lipinski definition) is 4. The number of hydrogen-bond donors (Lipinski definition) is 1. The van der Waals surface area contributed by atoms with Crippen LogP contribution in [0.5, 0.6) is 0 Å². The molecular weight excluding hydrogens is 216 g/mol. The zero-order chi connectivity index (χ0) is 11.7. The van der Waals surface area contributed by atoms with Crippen LogP contribution in [0.25, 0.3) is 5.65 Å². The molecule has 0 fully saturated rings. The number of nitrogens with two attached hydrogens (primary N) is 1. The normalized spacial score (nSPS) is 11.2. The Morgan fingerprint density at radius 3 is 3.00 bits per heavy atom. The number of halogens is 2. The van der Waals surface area contributed by atoms with Crippen molar-refractivity contribution in [1.82, 2.24) is 14.4 Å². The van der Waals surface area contributed by atoms with Crippen molar-refractivity contribution in [2.45, 2.75) is 6.43 Å². The number of fused-ring (bicyclic) bond motifs is 1. The Morgan fingerprint density at radius 2 is 2.31 bits per heavy atom. The van der Waals surface area contributed by atoms with E-state index in [-0.39, 0.29) is 5.82 Å². The minimum atomic E-state index is -2.43. The monoisotopic (exact) mass is 227 g/mol. The average molecular weight is 227 g/mol. The smallest absolute Gasteiger partial charge is 0.255 e. The Kier molecular flexibility index (Phi) is 2.59. The summed E-state index contributed by atoms with van der Waals surface area (Å²) in [6.07, 6.45) is 2.41. The summed E-state index contributed by atoms with van der Waals surface area (Å²) in [6, 6.07) is 0. The lowest BCUT2D eigenvalue weighted by Gasteiger charge is -2.18. The summed E-state index contributed by atoms with van der Waals surface area (Å²) in [6.45, 7) is -0.404. The molecule has 0 radical (unpaired) electrons. The van der Waals surface area contributed by atoms with Crippen LogP contribution in [-0.2, 0) is 0 Å². The molecule has 0 aromatic carbocycles. The van der Waals surface area contributed by atoms with Crippen LogP contribution < -0.4 is 10.6 Å². The lowest BCUT2D eigenvalue weighted by Crippen LogP contribution is -2.25. The Hall–Kier alpha value is -1.92. The van der Waals surface area contributed by atoms with E-state index in [9.17, 15) is 8.78 Å². The number of nitrogens with zero attached hydrogens (tertiary/aromatic N) is 4. The Balaban J connectivity index is 2.45. The third-order valence-electron chi connectivity index (χ3n) is 2.15. The van der Waals surface area contributed by atoms with Gasteiger partial charge in [0.05, 0.1) is 12.7 Å². The van der Waals surface area contributed by atoms with Crippen LogP contribution in [0.4, 0.5) is 20.4 Å². The number of alkyl halides is 2. The fourth-order valence-electron chi connectivity index (χ4n) is 1.48. The maximum absolute atomic E-state index is 12.3. The number of imidazole rings is 1. The van der Waals surface area contributed by atoms with E-state index in [1.165, 1.54) is 11.9 Å². The molecule has 0 saturated heterocycles. The number of anilines is 2. The van der Waals surface area contributed by atoms with Gasteiger partial charge in [-0.1, -0.05) is 0 Å². The lowest BCUT2D eigenvalue weighted by atomic mass is 10.5. The van der Waals surface area contributed by atoms with E-state index >= 15 is 0 Å². The summed E-state index contributed by atoms with van der Waals surface area (Å²) >= 11 is 0. The highest BCUT2D eigenvalue weighted by molar-refractivity contribution is 5.65. The minimum Gasteiger partial charge on any atom is -0.382 e. The van der Waals surface area contributed by atoms with Crippen LogP contribution in [0.1, 0.15) is 0 Å². The minimum absolute atomic E-state index is 0.265. The van der Waals surface area contributed by atoms with Gasteiger partial charge in [-0.2, -0.15) is 0 Å². The topological polar surface area (TPSA) is 59.5 Å². The van der Waals surface area contributed by atoms with Crippen molar-refractivity contribution >= 4 is 17.3 Å². The molecule has 2 aromatic heterocycles. The molecule has 0 aliphatic carbocycles. The van der Waals surface area contributed by atoms with Gasteiger partial charge in [0, 0.05) is 19.4 Å². The predicted octanol–water partition coefficient (Wildman–Crippen LogP) is 1.01. The third kappa shape index (κ3) is 1.88. The van der Waals surface area contributed by atoms with E-state index in [1.54, 1.807) is 23.0 Å². The van der Waals surface area contributed by atoms with Gasteiger partial charge in [-0.3, -0.25) is 0 Å². The van der Waals surface area contributed by atoms with Crippen molar-refractivity contribution in [2.75, 3.05) is 24.2 Å². The third-order valence-corrected chi connectivity index (χ3v) is 2.15. The molecule has 7 heteroatoms. The SMILES string of the molecule is CN(CC(F)F)c1nc(N)cn2ccnc12. The molecule has 86 valence electrons. The van der Waals surface area contributed by atoms with E-state index in [4.69, 9.17) is 5.73 Å². The zero-order valence-corrected chi connectivity index (χ0v) is 8.64. The number of aromatic nitrogens is 3. The summed E-state index contributed by atoms with van der Waals surface area (Å²) in [5.41, 5.74) is 6.09. The predicted molar refractivity (Wildman–Crippen MR) is 56.7 cm³/mol. The van der Waals surface area contributed by atoms with E-state index in [0.29, 0.717) is 11.5 Å². The van der Waals surface area contributed by atoms with Gasteiger partial charge in [-0.25, -0.2) is 18.7 Å². The molecule has 2 heterocycles. The Bertz CT molecular complexity index is 496. The summed E-state index contributed by atoms with van der Waals surface area (Å²) < 4.78 is 26.2. The summed E-state index contributed by atoms with van der Waals surface area (Å²) in [4.78, 5) is 9.40. The van der Waals surface area contributed by atoms with Crippen LogP contribution in [0.2, 0.25) is 0 Å². The van der Waals surface area contributed by atoms with Crippen LogP contribution in [0.15, 0.2) is 18.6 Å². The Labute approximate surface area is 90.5 Å². The molecule has 2 rings (SSSR count). The van der Waals surface area contributed by atoms with Crippen LogP contribution >= 0.6 is 0 Å². The van der Waals surface area contributed by atoms with Gasteiger partial charge in [0.25, 0.3) is 6.43 Å². The van der Waals surface area contributed by atoms with Crippen molar-refractivity contribution in [3.63, 3.8) is 0 Å². The summed E-state index contributed by atoms with van der Waals surface area (Å²) in [5.74, 6) is 0.618. The van der Waals surface area contributed by atoms with Gasteiger partial charge in [-0.15, -0.1) is 0 Å². The fraction of sp³-hybridized carbons (Fsp3) is 0.333. The van der Waals surface area contributed by atoms with Gasteiger partial charge in [0.1, 0.15) is 5.82 Å². The van der Waals surface area contributed by atoms with Gasteiger partial charge >= 0.3 is 0 Å². The van der Waals surface area contributed by atoms with Gasteiger partial charge in [0.2, 0.25) is 0 Å². The first kappa shape index (κ1) is 10.6. The molecule has 0 spiro atoms. The molecule has 0 saturated carbocycles. The van der Waals surface area contributed by atoms with Crippen molar-refractivity contribution in [2.24, 2.45) is 0 Å². The standard InChI is InChI=1S/C9H11F2N5/c1-15(4-6(10)11)9-8-13-2-3-16(8)5-7(12)14-9/h2-3,5-6H,4,12H2,1H3. The first-order chi connectivity index (χ1) is 7.58. The molecule has 0 aliphatic rings. The molecule has 0 amide bonds. The van der Waals surface area contributed by atoms with Crippen LogP contribution in [0.3, 0.4) is 0 Å². The van der Waals surface area contributed by atoms with E-state index < -0.39 is 13.0 Å². The van der Waals surface area contributed by atoms with Gasteiger partial charge in [-0.05, 0) is 0 Å². The number of nitrogen functional groups attached to an aromatic ring is 1. The van der Waals surface area contributed by atoms with Crippen molar-refractivity contribution < 1.29 is 8.78 Å². The highest BCUT2D eigenvalue weighted by Crippen LogP contribution is 2.18. The highest BCUT2D eigenvalue weighted by atomic mass is 19.3. The van der Waals surface area contributed by atoms with Crippen LogP contribution in [0, 0.1) is 0 Å². The lowest BCUT2D eigenvalue weighted by molar-refractivity contribution is 0.156. The maximum atomic E-state index is 12.3. The molecular formula is C9H11F2N5. The van der Waals surface area contributed by atoms with Crippen molar-refractivity contribution in [3.05, 3.63) is 18.6 Å². The second kappa shape index (κ2) is 3.92. The first-order valence-electron chi connectivity index (χ1n) is 4.66. The molecule has 16 heavy (non-hydrogen) atoms. The van der Waals surface area contributed by atoms with Gasteiger partial charge < -0.3 is 15.0 Å². The van der Waals surface area contributed by atoms with Crippen molar-refractivity contribution in [1.29, 1.82) is 0 Å². The first-order valence-corrected chi connectivity index (χ1v) is 4.66. The molecule has 5 nitrogen and oxygen atoms in total. The summed E-state index contributed by atoms with van der Waals surface area (Å²) in [5, 5.41) is 0. The zero-order valence-electron chi connectivity index (χ0n) is 8.64. The molecule has 0 atom stereocenters. The van der Waals surface area contributed by atoms with E-state index in [2.05, 4.69) is 9.97 Å². The molecule has 0 bridgehead atoms. The summed E-state index contributed by atoms with van der Waals surface area (Å²) in [7, 11) is 1.53. The van der Waals surface area contributed by atoms with E-state index in [0.717, 1.165) is 0 Å². The highest BCUT2D eigenvalue weighted by Gasteiger charge is 2.14. The molecule has 2 aromatic rings. The van der Waals surface area contributed by atoms with E-state index in [1.807, 2.05) is 0 Å². The van der Waals surface area contributed by atoms with Gasteiger partial charge in [0.15, 0.2) is 11.5 Å². The fourth-order valence-corrected chi connectivity index (χ4v) is 1.48. The average Bonchev–Trinajstić information content (AvgIpc) is 2.62. The second-order valence-corrected chi connectivity index (χ2v) is 3.42. The second-order valence-electron chi connectivity index (χ2n) is 3.42. The Morgan fingerprint density at radius 1 is 1.56 bits per heavy atom. The molecule has 2 N–H and O–H groups in total. The van der Waals surface area contributed by atoms with Crippen LogP contribution in [-0.4, -0.2) is 34.4 Å². The molecule has 0 unspecified atom stereocenters. The number of rotatable bonds is 3. The van der Waals surface area contributed by atoms with Crippen molar-refractivity contribution in [3.8, 4) is 0 Å². The largest absolute Gasteiger partial charge is 0.382 e. The maximum Gasteiger partial charge on any atom is 0.255 e.